The fourth-order valence-electron chi connectivity index (χ4n) is 6.49. The van der Waals surface area contributed by atoms with E-state index in [4.69, 9.17) is 0 Å². The molecule has 6 nitrogen and oxygen atoms in total. The molecule has 0 amide bonds. The number of nitrogens with zero attached hydrogens (tertiary/aromatic N) is 1. The van der Waals surface area contributed by atoms with Crippen LogP contribution < -0.4 is 0 Å². The summed E-state index contributed by atoms with van der Waals surface area (Å²) in [6.07, 6.45) is 4.36. The number of rotatable bonds is 10. The van der Waals surface area contributed by atoms with Crippen molar-refractivity contribution in [2.45, 2.75) is 114 Å². The van der Waals surface area contributed by atoms with E-state index in [2.05, 4.69) is 19.0 Å². The minimum Gasteiger partial charge on any atom is -0.390 e. The SMILES string of the molecule is CCC.CCC(C(C)(C)O)C(C)(C)C1CC2(CC=C(C)C)C(=O)C(C(=O)CC(C)C)=C(N=O)C1C2=O. The lowest BCUT2D eigenvalue weighted by Crippen LogP contribution is -2.46. The first kappa shape index (κ1) is 32.1. The molecule has 36 heavy (non-hydrogen) atoms. The summed E-state index contributed by atoms with van der Waals surface area (Å²) in [4.78, 5) is 53.0. The Morgan fingerprint density at radius 2 is 1.67 bits per heavy atom. The zero-order valence-corrected chi connectivity index (χ0v) is 24.4. The molecule has 4 unspecified atom stereocenters. The van der Waals surface area contributed by atoms with Crippen LogP contribution in [0, 0.1) is 39.4 Å². The van der Waals surface area contributed by atoms with E-state index in [0.29, 0.717) is 6.42 Å². The Kier molecular flexibility index (Phi) is 10.7. The Morgan fingerprint density at radius 1 is 1.14 bits per heavy atom. The van der Waals surface area contributed by atoms with Crippen molar-refractivity contribution >= 4 is 17.3 Å². The average molecular weight is 504 g/mol. The van der Waals surface area contributed by atoms with Gasteiger partial charge >= 0.3 is 0 Å². The number of carbonyl (C=O) groups excluding carboxylic acids is 3. The van der Waals surface area contributed by atoms with E-state index in [0.717, 1.165) is 5.57 Å². The third kappa shape index (κ3) is 6.12. The highest BCUT2D eigenvalue weighted by Gasteiger charge is 2.66. The lowest BCUT2D eigenvalue weighted by Gasteiger charge is -2.46. The molecule has 2 aliphatic rings. The molecule has 0 aromatic rings. The van der Waals surface area contributed by atoms with E-state index in [1.165, 1.54) is 6.42 Å². The molecule has 6 heteroatoms. The quantitative estimate of drug-likeness (QED) is 0.150. The molecule has 1 fully saturated rings. The second-order valence-electron chi connectivity index (χ2n) is 12.6. The van der Waals surface area contributed by atoms with Gasteiger partial charge in [-0.25, -0.2) is 0 Å². The maximum absolute atomic E-state index is 13.9. The molecule has 4 atom stereocenters. The maximum atomic E-state index is 13.9. The normalized spacial score (nSPS) is 24.9. The second kappa shape index (κ2) is 12.1. The fourth-order valence-corrected chi connectivity index (χ4v) is 6.49. The molecule has 0 heterocycles. The molecule has 2 aliphatic carbocycles. The number of hydrogen-bond donors (Lipinski definition) is 1. The molecule has 2 rings (SSSR count). The monoisotopic (exact) mass is 503 g/mol. The Morgan fingerprint density at radius 3 is 2.06 bits per heavy atom. The summed E-state index contributed by atoms with van der Waals surface area (Å²) in [7, 11) is 0. The number of nitroso groups, excluding NO2 is 1. The van der Waals surface area contributed by atoms with Gasteiger partial charge in [0.15, 0.2) is 17.3 Å². The van der Waals surface area contributed by atoms with Crippen LogP contribution in [0.3, 0.4) is 0 Å². The Hall–Kier alpha value is -1.95. The van der Waals surface area contributed by atoms with Crippen LogP contribution in [-0.2, 0) is 14.4 Å². The summed E-state index contributed by atoms with van der Waals surface area (Å²) in [5, 5.41) is 14.1. The van der Waals surface area contributed by atoms with Gasteiger partial charge in [-0.3, -0.25) is 14.4 Å². The van der Waals surface area contributed by atoms with Crippen molar-refractivity contribution < 1.29 is 19.5 Å². The van der Waals surface area contributed by atoms with Crippen molar-refractivity contribution in [3.05, 3.63) is 27.8 Å². The predicted octanol–water partition coefficient (Wildman–Crippen LogP) is 6.99. The van der Waals surface area contributed by atoms with Crippen LogP contribution in [-0.4, -0.2) is 28.1 Å². The van der Waals surface area contributed by atoms with E-state index in [1.54, 1.807) is 13.8 Å². The maximum Gasteiger partial charge on any atom is 0.182 e. The summed E-state index contributed by atoms with van der Waals surface area (Å²) in [5.74, 6) is -2.75. The van der Waals surface area contributed by atoms with Crippen LogP contribution >= 0.6 is 0 Å². The van der Waals surface area contributed by atoms with Crippen molar-refractivity contribution in [2.24, 2.45) is 39.7 Å². The van der Waals surface area contributed by atoms with Crippen LogP contribution in [0.15, 0.2) is 28.1 Å². The van der Waals surface area contributed by atoms with Gasteiger partial charge in [0.1, 0.15) is 5.70 Å². The van der Waals surface area contributed by atoms with Crippen molar-refractivity contribution in [3.63, 3.8) is 0 Å². The first-order chi connectivity index (χ1) is 16.5. The highest BCUT2D eigenvalue weighted by atomic mass is 16.3. The number of ketones is 3. The van der Waals surface area contributed by atoms with Gasteiger partial charge in [-0.05, 0) is 68.9 Å². The second-order valence-corrected chi connectivity index (χ2v) is 12.6. The summed E-state index contributed by atoms with van der Waals surface area (Å²) in [5.41, 5.74) is -2.36. The number of allylic oxidation sites excluding steroid dienone is 4. The lowest BCUT2D eigenvalue weighted by atomic mass is 9.60. The van der Waals surface area contributed by atoms with E-state index in [9.17, 15) is 24.4 Å². The fraction of sp³-hybridized carbons (Fsp3) is 0.767. The number of fused-ring (bicyclic) bond motifs is 2. The lowest BCUT2D eigenvalue weighted by molar-refractivity contribution is -0.139. The van der Waals surface area contributed by atoms with Crippen LogP contribution in [0.4, 0.5) is 0 Å². The Balaban J connectivity index is 0.00000205. The van der Waals surface area contributed by atoms with Crippen molar-refractivity contribution in [2.75, 3.05) is 0 Å². The van der Waals surface area contributed by atoms with Gasteiger partial charge in [-0.1, -0.05) is 73.0 Å². The zero-order valence-electron chi connectivity index (χ0n) is 24.4. The van der Waals surface area contributed by atoms with Crippen LogP contribution in [0.5, 0.6) is 0 Å². The first-order valence-corrected chi connectivity index (χ1v) is 13.5. The Bertz CT molecular complexity index is 914. The number of carbonyl (C=O) groups is 3. The van der Waals surface area contributed by atoms with Gasteiger partial charge in [0.05, 0.1) is 22.5 Å². The van der Waals surface area contributed by atoms with E-state index in [1.807, 2.05) is 54.5 Å². The van der Waals surface area contributed by atoms with Gasteiger partial charge in [0.25, 0.3) is 0 Å². The smallest absolute Gasteiger partial charge is 0.182 e. The molecule has 1 N–H and O–H groups in total. The molecule has 2 bridgehead atoms. The number of Topliss-reactive ketones (excluding diaryl/α,β-unsaturated/α-hetero) is 3. The standard InChI is InChI=1S/C27H41NO5.C3H8/c1-10-19(26(8,9)32)25(6,7)17-14-27(12-11-15(2)3)23(30)20(17)22(28-33)21(24(27)31)18(29)13-16(4)5;1-3-2/h11,16-17,19-20,32H,10,12-14H2,1-9H3;3H2,1-2H3. The van der Waals surface area contributed by atoms with Crippen LogP contribution in [0.2, 0.25) is 0 Å². The minimum atomic E-state index is -1.36. The van der Waals surface area contributed by atoms with Gasteiger partial charge in [0, 0.05) is 6.42 Å². The zero-order chi connectivity index (χ0) is 28.2. The third-order valence-electron chi connectivity index (χ3n) is 7.88. The number of aliphatic hydroxyl groups is 1. The highest BCUT2D eigenvalue weighted by molar-refractivity contribution is 6.31. The van der Waals surface area contributed by atoms with Crippen molar-refractivity contribution in [1.82, 2.24) is 0 Å². The highest BCUT2D eigenvalue weighted by Crippen LogP contribution is 2.61. The Labute approximate surface area is 218 Å². The van der Waals surface area contributed by atoms with Crippen molar-refractivity contribution in [1.29, 1.82) is 0 Å². The van der Waals surface area contributed by atoms with Crippen LogP contribution in [0.1, 0.15) is 108 Å². The van der Waals surface area contributed by atoms with Gasteiger partial charge in [0.2, 0.25) is 0 Å². The molecule has 0 spiro atoms. The molecule has 0 saturated heterocycles. The summed E-state index contributed by atoms with van der Waals surface area (Å²) in [6, 6.07) is 0. The molecule has 0 aromatic carbocycles. The topological polar surface area (TPSA) is 101 Å². The molecule has 204 valence electrons. The first-order valence-electron chi connectivity index (χ1n) is 13.5. The molecular weight excluding hydrogens is 454 g/mol. The van der Waals surface area contributed by atoms with E-state index >= 15 is 0 Å². The molecule has 0 radical (unpaired) electrons. The largest absolute Gasteiger partial charge is 0.390 e. The molecule has 0 aliphatic heterocycles. The molecule has 1 saturated carbocycles. The van der Waals surface area contributed by atoms with Gasteiger partial charge in [-0.15, -0.1) is 4.91 Å². The van der Waals surface area contributed by atoms with E-state index in [-0.39, 0.29) is 48.2 Å². The van der Waals surface area contributed by atoms with Gasteiger partial charge < -0.3 is 5.11 Å². The summed E-state index contributed by atoms with van der Waals surface area (Å²) >= 11 is 0. The van der Waals surface area contributed by atoms with E-state index < -0.39 is 39.8 Å². The average Bonchev–Trinajstić information content (AvgIpc) is 2.96. The summed E-state index contributed by atoms with van der Waals surface area (Å²) in [6.45, 7) is 21.3. The summed E-state index contributed by atoms with van der Waals surface area (Å²) < 4.78 is 0. The minimum absolute atomic E-state index is 0.00149. The third-order valence-corrected chi connectivity index (χ3v) is 7.88. The molecule has 0 aromatic heterocycles. The number of hydrogen-bond acceptors (Lipinski definition) is 6. The van der Waals surface area contributed by atoms with Crippen molar-refractivity contribution in [3.8, 4) is 0 Å². The van der Waals surface area contributed by atoms with Crippen LogP contribution in [0.25, 0.3) is 0 Å². The predicted molar refractivity (Wildman–Crippen MR) is 145 cm³/mol. The van der Waals surface area contributed by atoms with Gasteiger partial charge in [-0.2, -0.15) is 0 Å². The molecular formula is C30H49NO5.